The lowest BCUT2D eigenvalue weighted by molar-refractivity contribution is -0.127. The summed E-state index contributed by atoms with van der Waals surface area (Å²) in [4.78, 5) is 20.6. The number of nitrogens with zero attached hydrogens (tertiary/aromatic N) is 3. The molecule has 1 aliphatic heterocycles. The van der Waals surface area contributed by atoms with Gasteiger partial charge < -0.3 is 19.9 Å². The molecule has 1 heterocycles. The van der Waals surface area contributed by atoms with Crippen LogP contribution in [0.3, 0.4) is 0 Å². The third-order valence-corrected chi connectivity index (χ3v) is 4.90. The molecule has 2 aromatic rings. The van der Waals surface area contributed by atoms with Crippen LogP contribution in [-0.2, 0) is 24.3 Å². The molecule has 29 heavy (non-hydrogen) atoms. The van der Waals surface area contributed by atoms with E-state index in [1.165, 1.54) is 11.1 Å². The van der Waals surface area contributed by atoms with E-state index in [0.29, 0.717) is 6.54 Å². The van der Waals surface area contributed by atoms with Crippen LogP contribution in [0.1, 0.15) is 16.7 Å². The van der Waals surface area contributed by atoms with Crippen molar-refractivity contribution in [3.8, 4) is 5.75 Å². The number of halogens is 1. The number of rotatable bonds is 5. The normalized spacial score (nSPS) is 13.2. The van der Waals surface area contributed by atoms with E-state index in [-0.39, 0.29) is 36.4 Å². The lowest BCUT2D eigenvalue weighted by Gasteiger charge is -2.32. The molecule has 0 aliphatic carbocycles. The molecule has 1 amide bonds. The number of guanidine groups is 1. The van der Waals surface area contributed by atoms with Gasteiger partial charge in [0.2, 0.25) is 5.91 Å². The van der Waals surface area contributed by atoms with Gasteiger partial charge in [-0.2, -0.15) is 0 Å². The number of methoxy groups -OCH3 is 1. The largest absolute Gasteiger partial charge is 0.497 e. The summed E-state index contributed by atoms with van der Waals surface area (Å²) in [6.45, 7) is 2.44. The summed E-state index contributed by atoms with van der Waals surface area (Å²) in [5, 5.41) is 3.25. The maximum absolute atomic E-state index is 12.0. The molecule has 156 valence electrons. The molecule has 0 radical (unpaired) electrons. The number of amides is 1. The number of carbonyl (C=O) groups is 1. The number of fused-ring (bicyclic) bond motifs is 1. The van der Waals surface area contributed by atoms with Crippen molar-refractivity contribution in [2.75, 3.05) is 34.3 Å². The Balaban J connectivity index is 0.00000300. The minimum atomic E-state index is 0. The Morgan fingerprint density at radius 1 is 1.14 bits per heavy atom. The van der Waals surface area contributed by atoms with E-state index in [9.17, 15) is 4.79 Å². The maximum Gasteiger partial charge on any atom is 0.241 e. The summed E-state index contributed by atoms with van der Waals surface area (Å²) in [5.74, 6) is 1.62. The average molecular weight is 508 g/mol. The van der Waals surface area contributed by atoms with Gasteiger partial charge in [0.15, 0.2) is 5.96 Å². The summed E-state index contributed by atoms with van der Waals surface area (Å²) in [5.41, 5.74) is 3.79. The number of benzene rings is 2. The Hall–Kier alpha value is -2.29. The number of nitrogens with one attached hydrogen (secondary N) is 1. The molecule has 0 saturated heterocycles. The fraction of sp³-hybridized carbons (Fsp3) is 0.364. The fourth-order valence-corrected chi connectivity index (χ4v) is 3.15. The molecule has 2 aromatic carbocycles. The van der Waals surface area contributed by atoms with Gasteiger partial charge in [-0.1, -0.05) is 36.4 Å². The highest BCUT2D eigenvalue weighted by Gasteiger charge is 2.19. The Morgan fingerprint density at radius 3 is 2.48 bits per heavy atom. The molecule has 3 rings (SSSR count). The predicted molar refractivity (Wildman–Crippen MR) is 127 cm³/mol. The van der Waals surface area contributed by atoms with Crippen molar-refractivity contribution in [1.29, 1.82) is 0 Å². The fourth-order valence-electron chi connectivity index (χ4n) is 3.15. The highest BCUT2D eigenvalue weighted by Crippen LogP contribution is 2.19. The summed E-state index contributed by atoms with van der Waals surface area (Å²) in [7, 11) is 5.18. The van der Waals surface area contributed by atoms with E-state index in [4.69, 9.17) is 9.73 Å². The minimum absolute atomic E-state index is 0. The van der Waals surface area contributed by atoms with Gasteiger partial charge in [-0.15, -0.1) is 24.0 Å². The highest BCUT2D eigenvalue weighted by molar-refractivity contribution is 14.0. The zero-order valence-corrected chi connectivity index (χ0v) is 19.6. The zero-order chi connectivity index (χ0) is 19.9. The van der Waals surface area contributed by atoms with Crippen LogP contribution in [-0.4, -0.2) is 56.0 Å². The Bertz CT molecular complexity index is 837. The first-order chi connectivity index (χ1) is 13.6. The van der Waals surface area contributed by atoms with Gasteiger partial charge >= 0.3 is 0 Å². The van der Waals surface area contributed by atoms with Crippen molar-refractivity contribution < 1.29 is 9.53 Å². The van der Waals surface area contributed by atoms with Gasteiger partial charge in [0, 0.05) is 27.2 Å². The molecule has 1 N–H and O–H groups in total. The number of likely N-dealkylation sites (N-methyl/N-ethyl adjacent to an activating group) is 1. The van der Waals surface area contributed by atoms with Crippen molar-refractivity contribution >= 4 is 35.8 Å². The van der Waals surface area contributed by atoms with E-state index in [1.54, 1.807) is 26.1 Å². The van der Waals surface area contributed by atoms with Gasteiger partial charge in [-0.3, -0.25) is 4.79 Å². The van der Waals surface area contributed by atoms with Crippen molar-refractivity contribution in [3.05, 3.63) is 65.2 Å². The summed E-state index contributed by atoms with van der Waals surface area (Å²) in [6, 6.07) is 16.4. The molecule has 0 unspecified atom stereocenters. The lowest BCUT2D eigenvalue weighted by Crippen LogP contribution is -2.47. The SMILES string of the molecule is COc1ccc(CN=C(NCC(=O)N(C)C)N2CCc3ccccc3C2)cc1.I. The highest BCUT2D eigenvalue weighted by atomic mass is 127. The first-order valence-electron chi connectivity index (χ1n) is 9.50. The van der Waals surface area contributed by atoms with E-state index in [1.807, 2.05) is 24.3 Å². The average Bonchev–Trinajstić information content (AvgIpc) is 2.73. The molecule has 0 spiro atoms. The molecule has 1 aliphatic rings. The van der Waals surface area contributed by atoms with Crippen molar-refractivity contribution in [3.63, 3.8) is 0 Å². The monoisotopic (exact) mass is 508 g/mol. The lowest BCUT2D eigenvalue weighted by atomic mass is 10.0. The van der Waals surface area contributed by atoms with Gasteiger partial charge in [0.1, 0.15) is 5.75 Å². The number of ether oxygens (including phenoxy) is 1. The first kappa shape index (κ1) is 23.0. The van der Waals surface area contributed by atoms with Crippen LogP contribution in [0.15, 0.2) is 53.5 Å². The van der Waals surface area contributed by atoms with E-state index >= 15 is 0 Å². The van der Waals surface area contributed by atoms with Crippen LogP contribution in [0.5, 0.6) is 5.75 Å². The molecule has 0 bridgehead atoms. The molecule has 0 atom stereocenters. The van der Waals surface area contributed by atoms with Crippen LogP contribution in [0.2, 0.25) is 0 Å². The predicted octanol–water partition coefficient (Wildman–Crippen LogP) is 2.91. The molecular formula is C22H29IN4O2. The third-order valence-electron chi connectivity index (χ3n) is 4.90. The molecular weight excluding hydrogens is 479 g/mol. The summed E-state index contributed by atoms with van der Waals surface area (Å²) < 4.78 is 5.21. The molecule has 0 aromatic heterocycles. The maximum atomic E-state index is 12.0. The molecule has 0 fully saturated rings. The van der Waals surface area contributed by atoms with Crippen LogP contribution in [0.4, 0.5) is 0 Å². The zero-order valence-electron chi connectivity index (χ0n) is 17.2. The Kier molecular flexibility index (Phi) is 8.75. The van der Waals surface area contributed by atoms with E-state index in [2.05, 4.69) is 34.5 Å². The minimum Gasteiger partial charge on any atom is -0.497 e. The Morgan fingerprint density at radius 2 is 1.83 bits per heavy atom. The van der Waals surface area contributed by atoms with Crippen molar-refractivity contribution in [2.24, 2.45) is 4.99 Å². The first-order valence-corrected chi connectivity index (χ1v) is 9.50. The van der Waals surface area contributed by atoms with Crippen LogP contribution < -0.4 is 10.1 Å². The second-order valence-corrected chi connectivity index (χ2v) is 7.07. The number of carbonyl (C=O) groups excluding carboxylic acids is 1. The van der Waals surface area contributed by atoms with Crippen LogP contribution in [0.25, 0.3) is 0 Å². The molecule has 0 saturated carbocycles. The number of aliphatic imine (C=N–C) groups is 1. The smallest absolute Gasteiger partial charge is 0.241 e. The van der Waals surface area contributed by atoms with E-state index in [0.717, 1.165) is 36.8 Å². The Labute approximate surface area is 190 Å². The second-order valence-electron chi connectivity index (χ2n) is 7.07. The summed E-state index contributed by atoms with van der Waals surface area (Å²) >= 11 is 0. The van der Waals surface area contributed by atoms with Crippen LogP contribution >= 0.6 is 24.0 Å². The quantitative estimate of drug-likeness (QED) is 0.384. The van der Waals surface area contributed by atoms with Crippen molar-refractivity contribution in [1.82, 2.24) is 15.1 Å². The topological polar surface area (TPSA) is 57.2 Å². The van der Waals surface area contributed by atoms with E-state index < -0.39 is 0 Å². The summed E-state index contributed by atoms with van der Waals surface area (Å²) in [6.07, 6.45) is 0.973. The standard InChI is InChI=1S/C22H28N4O2.HI/c1-25(2)21(27)15-24-22(23-14-17-8-10-20(28-3)11-9-17)26-13-12-18-6-4-5-7-19(18)16-26;/h4-11H,12-16H2,1-3H3,(H,23,24);1H. The number of hydrogen-bond acceptors (Lipinski definition) is 3. The van der Waals surface area contributed by atoms with Gasteiger partial charge in [-0.25, -0.2) is 4.99 Å². The van der Waals surface area contributed by atoms with Gasteiger partial charge in [-0.05, 0) is 35.2 Å². The number of hydrogen-bond donors (Lipinski definition) is 1. The third kappa shape index (κ3) is 6.35. The van der Waals surface area contributed by atoms with Gasteiger partial charge in [0.25, 0.3) is 0 Å². The van der Waals surface area contributed by atoms with Gasteiger partial charge in [0.05, 0.1) is 20.2 Å². The van der Waals surface area contributed by atoms with Crippen LogP contribution in [0, 0.1) is 0 Å². The van der Waals surface area contributed by atoms with Crippen molar-refractivity contribution in [2.45, 2.75) is 19.5 Å². The molecule has 6 nitrogen and oxygen atoms in total. The second kappa shape index (κ2) is 11.0. The molecule has 7 heteroatoms.